The summed E-state index contributed by atoms with van der Waals surface area (Å²) >= 11 is 0. The summed E-state index contributed by atoms with van der Waals surface area (Å²) < 4.78 is 5.65. The number of piperidine rings is 1. The van der Waals surface area contributed by atoms with Crippen LogP contribution in [0.15, 0.2) is 24.5 Å². The number of hydrogen-bond acceptors (Lipinski definition) is 7. The molecule has 0 aromatic carbocycles. The lowest BCUT2D eigenvalue weighted by Crippen LogP contribution is -2.40. The van der Waals surface area contributed by atoms with Gasteiger partial charge >= 0.3 is 0 Å². The molecular weight excluding hydrogens is 366 g/mol. The van der Waals surface area contributed by atoms with Crippen LogP contribution in [0.1, 0.15) is 31.4 Å². The van der Waals surface area contributed by atoms with Crippen LogP contribution in [0.25, 0.3) is 11.2 Å². The molecule has 3 aliphatic heterocycles. The van der Waals surface area contributed by atoms with Crippen molar-refractivity contribution in [2.75, 3.05) is 42.6 Å². The van der Waals surface area contributed by atoms with Crippen molar-refractivity contribution in [1.82, 2.24) is 25.1 Å². The molecule has 0 unspecified atom stereocenters. The minimum absolute atomic E-state index is 0.394. The van der Waals surface area contributed by atoms with Crippen LogP contribution in [0.4, 0.5) is 17.3 Å². The van der Waals surface area contributed by atoms with Crippen LogP contribution < -0.4 is 9.80 Å². The quantitative estimate of drug-likeness (QED) is 0.719. The smallest absolute Gasteiger partial charge is 0.183 e. The topological polar surface area (TPSA) is 83.1 Å². The second-order valence-corrected chi connectivity index (χ2v) is 8.49. The first-order chi connectivity index (χ1) is 14.3. The Morgan fingerprint density at radius 1 is 1.10 bits per heavy atom. The number of ether oxygens (including phenoxy) is 1. The van der Waals surface area contributed by atoms with Crippen LogP contribution in [0, 0.1) is 5.41 Å². The summed E-state index contributed by atoms with van der Waals surface area (Å²) in [6.45, 7) is 4.77. The van der Waals surface area contributed by atoms with Gasteiger partial charge in [-0.05, 0) is 49.7 Å². The molecule has 0 bridgehead atoms. The van der Waals surface area contributed by atoms with E-state index in [9.17, 15) is 0 Å². The van der Waals surface area contributed by atoms with E-state index in [1.54, 1.807) is 0 Å². The van der Waals surface area contributed by atoms with E-state index < -0.39 is 0 Å². The van der Waals surface area contributed by atoms with E-state index in [-0.39, 0.29) is 0 Å². The summed E-state index contributed by atoms with van der Waals surface area (Å²) in [4.78, 5) is 18.7. The monoisotopic (exact) mass is 391 g/mol. The maximum atomic E-state index is 5.65. The minimum Gasteiger partial charge on any atom is -0.381 e. The maximum absolute atomic E-state index is 5.65. The molecule has 0 saturated carbocycles. The molecule has 2 saturated heterocycles. The zero-order chi connectivity index (χ0) is 19.3. The highest BCUT2D eigenvalue weighted by Crippen LogP contribution is 2.40. The van der Waals surface area contributed by atoms with Crippen molar-refractivity contribution in [1.29, 1.82) is 0 Å². The standard InChI is InChI=1S/C21H25N7O/c1-4-16-15(22-8-1)3-2-9-28(16)20-18-19(25-26-20)24-17(13-23-18)27-10-5-21(6-11-27)7-12-29-14-21/h1,4,8,13H,2-3,5-7,9-12,14H2,(H,24,25,26). The fraction of sp³-hybridized carbons (Fsp3) is 0.524. The number of pyridine rings is 1. The third-order valence-corrected chi connectivity index (χ3v) is 6.78. The van der Waals surface area contributed by atoms with Gasteiger partial charge in [-0.3, -0.25) is 10.1 Å². The molecule has 0 amide bonds. The van der Waals surface area contributed by atoms with E-state index in [4.69, 9.17) is 14.7 Å². The van der Waals surface area contributed by atoms with Gasteiger partial charge in [0.2, 0.25) is 0 Å². The molecule has 0 atom stereocenters. The molecule has 0 aliphatic carbocycles. The van der Waals surface area contributed by atoms with Gasteiger partial charge in [0.1, 0.15) is 5.82 Å². The van der Waals surface area contributed by atoms with E-state index >= 15 is 0 Å². The molecule has 1 N–H and O–H groups in total. The van der Waals surface area contributed by atoms with E-state index in [2.05, 4.69) is 31.0 Å². The number of nitrogens with zero attached hydrogens (tertiary/aromatic N) is 6. The molecule has 8 nitrogen and oxygen atoms in total. The number of hydrogen-bond donors (Lipinski definition) is 1. The van der Waals surface area contributed by atoms with E-state index in [0.717, 1.165) is 79.9 Å². The van der Waals surface area contributed by atoms with Gasteiger partial charge in [-0.2, -0.15) is 5.10 Å². The van der Waals surface area contributed by atoms with Gasteiger partial charge in [0, 0.05) is 32.4 Å². The van der Waals surface area contributed by atoms with Crippen molar-refractivity contribution in [3.63, 3.8) is 0 Å². The summed E-state index contributed by atoms with van der Waals surface area (Å²) in [6, 6.07) is 4.09. The largest absolute Gasteiger partial charge is 0.381 e. The molecule has 3 aliphatic rings. The first-order valence-electron chi connectivity index (χ1n) is 10.6. The van der Waals surface area contributed by atoms with Gasteiger partial charge in [-0.1, -0.05) is 0 Å². The highest BCUT2D eigenvalue weighted by atomic mass is 16.5. The van der Waals surface area contributed by atoms with Gasteiger partial charge in [-0.25, -0.2) is 9.97 Å². The van der Waals surface area contributed by atoms with Crippen LogP contribution in [0.5, 0.6) is 0 Å². The first-order valence-corrected chi connectivity index (χ1v) is 10.6. The number of aromatic nitrogens is 5. The van der Waals surface area contributed by atoms with Gasteiger partial charge in [0.05, 0.1) is 24.2 Å². The Hall–Kier alpha value is -2.74. The van der Waals surface area contributed by atoms with Crippen LogP contribution in [0.2, 0.25) is 0 Å². The normalized spacial score (nSPS) is 21.1. The predicted octanol–water partition coefficient (Wildman–Crippen LogP) is 2.84. The number of H-pyrrole nitrogens is 1. The lowest BCUT2D eigenvalue weighted by atomic mass is 9.78. The molecule has 0 radical (unpaired) electrons. The summed E-state index contributed by atoms with van der Waals surface area (Å²) in [5.74, 6) is 1.77. The first kappa shape index (κ1) is 17.1. The Bertz CT molecular complexity index is 1030. The molecule has 3 aromatic rings. The van der Waals surface area contributed by atoms with Gasteiger partial charge < -0.3 is 14.5 Å². The zero-order valence-electron chi connectivity index (χ0n) is 16.5. The van der Waals surface area contributed by atoms with Crippen LogP contribution >= 0.6 is 0 Å². The molecule has 3 aromatic heterocycles. The predicted molar refractivity (Wildman–Crippen MR) is 111 cm³/mol. The van der Waals surface area contributed by atoms with Gasteiger partial charge in [0.25, 0.3) is 0 Å². The lowest BCUT2D eigenvalue weighted by Gasteiger charge is -2.38. The van der Waals surface area contributed by atoms with Crippen molar-refractivity contribution in [3.05, 3.63) is 30.2 Å². The molecule has 2 fully saturated rings. The highest BCUT2D eigenvalue weighted by Gasteiger charge is 2.38. The Morgan fingerprint density at radius 2 is 2.03 bits per heavy atom. The number of aromatic amines is 1. The van der Waals surface area contributed by atoms with Crippen molar-refractivity contribution in [3.8, 4) is 0 Å². The summed E-state index contributed by atoms with van der Waals surface area (Å²) in [7, 11) is 0. The Labute approximate surface area is 169 Å². The second kappa shape index (κ2) is 6.66. The van der Waals surface area contributed by atoms with E-state index in [0.29, 0.717) is 5.41 Å². The third kappa shape index (κ3) is 2.85. The van der Waals surface area contributed by atoms with Crippen LogP contribution in [-0.4, -0.2) is 58.0 Å². The fourth-order valence-corrected chi connectivity index (χ4v) is 4.99. The van der Waals surface area contributed by atoms with Crippen molar-refractivity contribution in [2.24, 2.45) is 5.41 Å². The molecule has 6 rings (SSSR count). The SMILES string of the molecule is c1cnc2c(c1)N(c1n[nH]c3nc(N4CCC5(CCOC5)CC4)cnc13)CCC2. The molecule has 29 heavy (non-hydrogen) atoms. The van der Waals surface area contributed by atoms with Gasteiger partial charge in [0.15, 0.2) is 17.0 Å². The second-order valence-electron chi connectivity index (χ2n) is 8.49. The van der Waals surface area contributed by atoms with Crippen LogP contribution in [0.3, 0.4) is 0 Å². The maximum Gasteiger partial charge on any atom is 0.183 e. The molecule has 1 spiro atoms. The van der Waals surface area contributed by atoms with E-state index in [1.807, 2.05) is 18.5 Å². The molecular formula is C21H25N7O. The Morgan fingerprint density at radius 3 is 2.90 bits per heavy atom. The average molecular weight is 391 g/mol. The van der Waals surface area contributed by atoms with Crippen molar-refractivity contribution >= 4 is 28.5 Å². The molecule has 6 heterocycles. The number of anilines is 3. The number of fused-ring (bicyclic) bond motifs is 2. The molecule has 150 valence electrons. The third-order valence-electron chi connectivity index (χ3n) is 6.78. The molecule has 8 heteroatoms. The lowest BCUT2D eigenvalue weighted by molar-refractivity contribution is 0.133. The van der Waals surface area contributed by atoms with E-state index in [1.165, 1.54) is 19.3 Å². The number of aryl methyl sites for hydroxylation is 1. The van der Waals surface area contributed by atoms with Crippen molar-refractivity contribution < 1.29 is 4.74 Å². The fourth-order valence-electron chi connectivity index (χ4n) is 4.99. The average Bonchev–Trinajstić information content (AvgIpc) is 3.41. The Kier molecular flexibility index (Phi) is 3.94. The number of rotatable bonds is 2. The summed E-state index contributed by atoms with van der Waals surface area (Å²) in [5, 5.41) is 7.69. The minimum atomic E-state index is 0.394. The zero-order valence-corrected chi connectivity index (χ0v) is 16.5. The van der Waals surface area contributed by atoms with Gasteiger partial charge in [-0.15, -0.1) is 0 Å². The highest BCUT2D eigenvalue weighted by molar-refractivity contribution is 5.87. The van der Waals surface area contributed by atoms with Crippen molar-refractivity contribution in [2.45, 2.75) is 32.1 Å². The summed E-state index contributed by atoms with van der Waals surface area (Å²) in [5.41, 5.74) is 4.21. The number of nitrogens with one attached hydrogen (secondary N) is 1. The summed E-state index contributed by atoms with van der Waals surface area (Å²) in [6.07, 6.45) is 9.35. The van der Waals surface area contributed by atoms with Crippen LogP contribution in [-0.2, 0) is 11.2 Å². The Balaban J connectivity index is 1.28.